The maximum Gasteiger partial charge on any atom is 0.279 e. The second-order valence-corrected chi connectivity index (χ2v) is 4.80. The van der Waals surface area contributed by atoms with Gasteiger partial charge in [-0.1, -0.05) is 23.7 Å². The quantitative estimate of drug-likeness (QED) is 0.834. The Balaban J connectivity index is 2.48. The van der Waals surface area contributed by atoms with Gasteiger partial charge in [0.2, 0.25) is 0 Å². The second-order valence-electron chi connectivity index (χ2n) is 4.40. The number of nitriles is 1. The first-order valence-electron chi connectivity index (χ1n) is 5.78. The monoisotopic (exact) mass is 266 g/mol. The van der Waals surface area contributed by atoms with E-state index in [1.165, 1.54) is 0 Å². The van der Waals surface area contributed by atoms with Gasteiger partial charge in [-0.3, -0.25) is 4.79 Å². The number of carbonyl (C=O) groups excluding carboxylic acids is 1. The Labute approximate surface area is 112 Å². The Morgan fingerprint density at radius 1 is 1.56 bits per heavy atom. The summed E-state index contributed by atoms with van der Waals surface area (Å²) in [6.07, 6.45) is 0. The van der Waals surface area contributed by atoms with Gasteiger partial charge < -0.3 is 10.2 Å². The van der Waals surface area contributed by atoms with Gasteiger partial charge in [0.1, 0.15) is 0 Å². The van der Waals surface area contributed by atoms with Crippen molar-refractivity contribution in [1.29, 1.82) is 5.26 Å². The fourth-order valence-corrected chi connectivity index (χ4v) is 1.85. The van der Waals surface area contributed by atoms with Crippen LogP contribution in [0.1, 0.15) is 6.92 Å². The van der Waals surface area contributed by atoms with E-state index in [0.717, 1.165) is 4.90 Å². The van der Waals surface area contributed by atoms with Gasteiger partial charge in [-0.25, -0.2) is 0 Å². The molecular weight excluding hydrogens is 250 g/mol. The lowest BCUT2D eigenvalue weighted by atomic mass is 10.2. The summed E-state index contributed by atoms with van der Waals surface area (Å²) in [7, 11) is 1.89. The van der Waals surface area contributed by atoms with E-state index in [4.69, 9.17) is 16.9 Å². The van der Waals surface area contributed by atoms with Gasteiger partial charge in [0.05, 0.1) is 36.3 Å². The standard InChI is InChI=1S/C13H16ClN3O/c1-10(7-15)8-17(2)9-13(18)16-12-6-4-3-5-11(12)14/h3-6,10H,8-9H2,1-2H3,(H,16,18)/p+1/t10-/m0/s1. The molecule has 0 bridgehead atoms. The molecule has 0 aliphatic heterocycles. The molecule has 0 saturated heterocycles. The third-order valence-corrected chi connectivity index (χ3v) is 2.81. The number of amides is 1. The van der Waals surface area contributed by atoms with Crippen molar-refractivity contribution in [2.75, 3.05) is 25.5 Å². The SMILES string of the molecule is C[C@@H](C#N)C[NH+](C)CC(=O)Nc1ccccc1Cl. The Hall–Kier alpha value is -1.57. The van der Waals surface area contributed by atoms with Gasteiger partial charge in [-0.05, 0) is 19.1 Å². The topological polar surface area (TPSA) is 57.3 Å². The molecule has 2 N–H and O–H groups in total. The molecule has 1 rings (SSSR count). The van der Waals surface area contributed by atoms with Gasteiger partial charge in [0, 0.05) is 0 Å². The maximum absolute atomic E-state index is 11.8. The van der Waals surface area contributed by atoms with Gasteiger partial charge in [-0.15, -0.1) is 0 Å². The first kappa shape index (κ1) is 14.5. The summed E-state index contributed by atoms with van der Waals surface area (Å²) in [5, 5.41) is 12.0. The summed E-state index contributed by atoms with van der Waals surface area (Å²) < 4.78 is 0. The third kappa shape index (κ3) is 4.74. The summed E-state index contributed by atoms with van der Waals surface area (Å²) in [5.41, 5.74) is 0.616. The number of likely N-dealkylation sites (N-methyl/N-ethyl adjacent to an activating group) is 1. The van der Waals surface area contributed by atoms with Crippen LogP contribution in [-0.2, 0) is 4.79 Å². The Bertz CT molecular complexity index is 456. The number of halogens is 1. The van der Waals surface area contributed by atoms with Crippen LogP contribution in [0.5, 0.6) is 0 Å². The highest BCUT2D eigenvalue weighted by molar-refractivity contribution is 6.33. The number of para-hydroxylation sites is 1. The number of benzene rings is 1. The van der Waals surface area contributed by atoms with Crippen molar-refractivity contribution < 1.29 is 9.69 Å². The highest BCUT2D eigenvalue weighted by Crippen LogP contribution is 2.19. The average molecular weight is 267 g/mol. The van der Waals surface area contributed by atoms with Crippen LogP contribution in [-0.4, -0.2) is 26.0 Å². The fraction of sp³-hybridized carbons (Fsp3) is 0.385. The van der Waals surface area contributed by atoms with E-state index in [0.29, 0.717) is 23.8 Å². The molecule has 18 heavy (non-hydrogen) atoms. The number of hydrogen-bond acceptors (Lipinski definition) is 2. The molecule has 0 fully saturated rings. The van der Waals surface area contributed by atoms with Crippen LogP contribution in [0.15, 0.2) is 24.3 Å². The molecule has 0 aromatic heterocycles. The van der Waals surface area contributed by atoms with Crippen molar-refractivity contribution in [1.82, 2.24) is 0 Å². The Morgan fingerprint density at radius 3 is 2.83 bits per heavy atom. The van der Waals surface area contributed by atoms with E-state index in [1.807, 2.05) is 26.1 Å². The highest BCUT2D eigenvalue weighted by atomic mass is 35.5. The van der Waals surface area contributed by atoms with E-state index in [-0.39, 0.29) is 11.8 Å². The van der Waals surface area contributed by atoms with Crippen LogP contribution < -0.4 is 10.2 Å². The van der Waals surface area contributed by atoms with Crippen molar-refractivity contribution in [3.05, 3.63) is 29.3 Å². The first-order valence-corrected chi connectivity index (χ1v) is 6.16. The minimum atomic E-state index is -0.106. The number of quaternary nitrogens is 1. The zero-order chi connectivity index (χ0) is 13.5. The summed E-state index contributed by atoms with van der Waals surface area (Å²) >= 11 is 5.95. The third-order valence-electron chi connectivity index (χ3n) is 2.49. The molecule has 0 radical (unpaired) electrons. The molecule has 1 unspecified atom stereocenters. The zero-order valence-corrected chi connectivity index (χ0v) is 11.3. The Morgan fingerprint density at radius 2 is 2.22 bits per heavy atom. The number of anilines is 1. The largest absolute Gasteiger partial charge is 0.329 e. The molecule has 0 spiro atoms. The van der Waals surface area contributed by atoms with Crippen LogP contribution in [0.25, 0.3) is 0 Å². The predicted molar refractivity (Wildman–Crippen MR) is 71.5 cm³/mol. The minimum absolute atomic E-state index is 0.0573. The summed E-state index contributed by atoms with van der Waals surface area (Å²) in [6, 6.07) is 9.26. The summed E-state index contributed by atoms with van der Waals surface area (Å²) in [6.45, 7) is 2.80. The average Bonchev–Trinajstić information content (AvgIpc) is 2.31. The van der Waals surface area contributed by atoms with Gasteiger partial charge in [0.15, 0.2) is 6.54 Å². The minimum Gasteiger partial charge on any atom is -0.329 e. The number of nitrogens with one attached hydrogen (secondary N) is 2. The molecule has 1 aromatic carbocycles. The smallest absolute Gasteiger partial charge is 0.279 e. The van der Waals surface area contributed by atoms with Crippen molar-refractivity contribution in [2.24, 2.45) is 5.92 Å². The number of rotatable bonds is 5. The van der Waals surface area contributed by atoms with Crippen molar-refractivity contribution in [3.63, 3.8) is 0 Å². The van der Waals surface area contributed by atoms with E-state index in [9.17, 15) is 4.79 Å². The highest BCUT2D eigenvalue weighted by Gasteiger charge is 2.14. The number of hydrogen-bond donors (Lipinski definition) is 2. The molecule has 1 amide bonds. The van der Waals surface area contributed by atoms with Crippen molar-refractivity contribution >= 4 is 23.2 Å². The van der Waals surface area contributed by atoms with E-state index < -0.39 is 0 Å². The Kier molecular flexibility index (Phi) is 5.63. The summed E-state index contributed by atoms with van der Waals surface area (Å²) in [5.74, 6) is -0.163. The fourth-order valence-electron chi connectivity index (χ4n) is 1.67. The molecule has 0 heterocycles. The molecule has 0 aliphatic rings. The summed E-state index contributed by atoms with van der Waals surface area (Å²) in [4.78, 5) is 12.8. The van der Waals surface area contributed by atoms with Gasteiger partial charge in [0.25, 0.3) is 5.91 Å². The normalized spacial score (nSPS) is 13.4. The van der Waals surface area contributed by atoms with Crippen LogP contribution in [0.4, 0.5) is 5.69 Å². The molecule has 0 saturated carbocycles. The lowest BCUT2D eigenvalue weighted by Gasteiger charge is -2.15. The van der Waals surface area contributed by atoms with Crippen molar-refractivity contribution in [2.45, 2.75) is 6.92 Å². The maximum atomic E-state index is 11.8. The van der Waals surface area contributed by atoms with Crippen LogP contribution in [0, 0.1) is 17.2 Å². The second kappa shape index (κ2) is 7.00. The molecule has 0 aliphatic carbocycles. The zero-order valence-electron chi connectivity index (χ0n) is 10.5. The lowest BCUT2D eigenvalue weighted by Crippen LogP contribution is -3.10. The number of carbonyl (C=O) groups is 1. The number of nitrogens with zero attached hydrogens (tertiary/aromatic N) is 1. The van der Waals surface area contributed by atoms with E-state index >= 15 is 0 Å². The molecular formula is C13H17ClN3O+. The van der Waals surface area contributed by atoms with Crippen LogP contribution >= 0.6 is 11.6 Å². The predicted octanol–water partition coefficient (Wildman–Crippen LogP) is 0.953. The van der Waals surface area contributed by atoms with E-state index in [1.54, 1.807) is 12.1 Å². The van der Waals surface area contributed by atoms with E-state index in [2.05, 4.69) is 11.4 Å². The molecule has 2 atom stereocenters. The lowest BCUT2D eigenvalue weighted by molar-refractivity contribution is -0.873. The molecule has 4 nitrogen and oxygen atoms in total. The molecule has 96 valence electrons. The first-order chi connectivity index (χ1) is 8.52. The van der Waals surface area contributed by atoms with Crippen molar-refractivity contribution in [3.8, 4) is 6.07 Å². The van der Waals surface area contributed by atoms with Crippen LogP contribution in [0.3, 0.4) is 0 Å². The van der Waals surface area contributed by atoms with Crippen LogP contribution in [0.2, 0.25) is 5.02 Å². The molecule has 5 heteroatoms. The van der Waals surface area contributed by atoms with Gasteiger partial charge >= 0.3 is 0 Å². The molecule has 1 aromatic rings. The van der Waals surface area contributed by atoms with Gasteiger partial charge in [-0.2, -0.15) is 5.26 Å².